The van der Waals surface area contributed by atoms with Crippen molar-refractivity contribution in [2.24, 2.45) is 0 Å². The Hall–Kier alpha value is -1.04. The van der Waals surface area contributed by atoms with Crippen molar-refractivity contribution in [3.8, 4) is 11.4 Å². The summed E-state index contributed by atoms with van der Waals surface area (Å²) in [7, 11) is 0. The van der Waals surface area contributed by atoms with E-state index in [0.29, 0.717) is 21.5 Å². The summed E-state index contributed by atoms with van der Waals surface area (Å²) in [6, 6.07) is 3.24. The molecule has 1 heterocycles. The van der Waals surface area contributed by atoms with Crippen LogP contribution in [-0.4, -0.2) is 15.9 Å². The normalized spacial score (nSPS) is 11.2. The van der Waals surface area contributed by atoms with E-state index in [-0.39, 0.29) is 11.0 Å². The third-order valence-electron chi connectivity index (χ3n) is 2.93. The van der Waals surface area contributed by atoms with Crippen LogP contribution in [0.1, 0.15) is 38.6 Å². The van der Waals surface area contributed by atoms with E-state index in [1.165, 1.54) is 4.68 Å². The van der Waals surface area contributed by atoms with E-state index >= 15 is 0 Å². The lowest BCUT2D eigenvalue weighted by Crippen LogP contribution is -2.14. The van der Waals surface area contributed by atoms with E-state index < -0.39 is 0 Å². The molecule has 0 atom stereocenters. The summed E-state index contributed by atoms with van der Waals surface area (Å²) >= 11 is 13.5. The highest BCUT2D eigenvalue weighted by Gasteiger charge is 2.15. The van der Waals surface area contributed by atoms with Gasteiger partial charge in [-0.1, -0.05) is 47.9 Å². The monoisotopic (exact) mass is 360 g/mol. The Morgan fingerprint density at radius 3 is 2.68 bits per heavy atom. The molecule has 0 unspecified atom stereocenters. The Labute approximate surface area is 143 Å². The third kappa shape index (κ3) is 4.03. The smallest absolute Gasteiger partial charge is 0.329 e. The van der Waals surface area contributed by atoms with Crippen LogP contribution in [0.25, 0.3) is 5.69 Å². The van der Waals surface area contributed by atoms with Gasteiger partial charge in [-0.15, -0.1) is 0 Å². The van der Waals surface area contributed by atoms with Gasteiger partial charge in [0, 0.05) is 12.5 Å². The number of benzene rings is 1. The SMILES string of the molecule is CCCCc1nn(-c2cc(OC(C)C)c(Cl)cc2Cl)c(=O)s1. The molecule has 22 heavy (non-hydrogen) atoms. The lowest BCUT2D eigenvalue weighted by atomic mass is 10.3. The van der Waals surface area contributed by atoms with E-state index in [4.69, 9.17) is 27.9 Å². The first-order valence-electron chi connectivity index (χ1n) is 7.17. The number of ether oxygens (including phenoxy) is 1. The lowest BCUT2D eigenvalue weighted by molar-refractivity contribution is 0.242. The molecule has 120 valence electrons. The van der Waals surface area contributed by atoms with Gasteiger partial charge in [-0.05, 0) is 26.3 Å². The summed E-state index contributed by atoms with van der Waals surface area (Å²) in [5.74, 6) is 0.492. The van der Waals surface area contributed by atoms with Crippen LogP contribution < -0.4 is 9.61 Å². The van der Waals surface area contributed by atoms with Crippen molar-refractivity contribution in [2.45, 2.75) is 46.1 Å². The zero-order valence-corrected chi connectivity index (χ0v) is 15.1. The molecule has 2 aromatic rings. The summed E-state index contributed by atoms with van der Waals surface area (Å²) in [6.45, 7) is 5.91. The van der Waals surface area contributed by atoms with Crippen molar-refractivity contribution in [2.75, 3.05) is 0 Å². The van der Waals surface area contributed by atoms with Gasteiger partial charge in [0.1, 0.15) is 10.8 Å². The van der Waals surface area contributed by atoms with Gasteiger partial charge in [-0.2, -0.15) is 9.78 Å². The Bertz CT molecular complexity index is 710. The van der Waals surface area contributed by atoms with E-state index in [1.54, 1.807) is 12.1 Å². The molecule has 0 saturated carbocycles. The zero-order chi connectivity index (χ0) is 16.3. The first kappa shape index (κ1) is 17.3. The number of unbranched alkanes of at least 4 members (excludes halogenated alkanes) is 1. The third-order valence-corrected chi connectivity index (χ3v) is 4.39. The molecule has 0 N–H and O–H groups in total. The van der Waals surface area contributed by atoms with Crippen LogP contribution in [0, 0.1) is 0 Å². The van der Waals surface area contributed by atoms with Gasteiger partial charge < -0.3 is 4.74 Å². The predicted octanol–water partition coefficient (Wildman–Crippen LogP) is 4.73. The molecule has 0 aliphatic rings. The second kappa shape index (κ2) is 7.49. The number of rotatable bonds is 6. The quantitative estimate of drug-likeness (QED) is 0.747. The van der Waals surface area contributed by atoms with Gasteiger partial charge >= 0.3 is 4.87 Å². The van der Waals surface area contributed by atoms with Gasteiger partial charge in [0.15, 0.2) is 0 Å². The van der Waals surface area contributed by atoms with Crippen molar-refractivity contribution in [3.63, 3.8) is 0 Å². The van der Waals surface area contributed by atoms with Gasteiger partial charge in [0.2, 0.25) is 0 Å². The number of aryl methyl sites for hydroxylation is 1. The first-order chi connectivity index (χ1) is 10.4. The van der Waals surface area contributed by atoms with Gasteiger partial charge in [0.25, 0.3) is 0 Å². The maximum absolute atomic E-state index is 12.2. The fraction of sp³-hybridized carbons (Fsp3) is 0.467. The largest absolute Gasteiger partial charge is 0.489 e. The molecule has 0 aliphatic heterocycles. The van der Waals surface area contributed by atoms with Gasteiger partial charge in [0.05, 0.1) is 21.8 Å². The minimum absolute atomic E-state index is 0.0289. The van der Waals surface area contributed by atoms with Gasteiger partial charge in [-0.25, -0.2) is 0 Å². The van der Waals surface area contributed by atoms with E-state index in [9.17, 15) is 4.79 Å². The van der Waals surface area contributed by atoms with Crippen molar-refractivity contribution in [1.29, 1.82) is 0 Å². The van der Waals surface area contributed by atoms with E-state index in [0.717, 1.165) is 35.6 Å². The Morgan fingerprint density at radius 2 is 2.05 bits per heavy atom. The number of nitrogens with zero attached hydrogens (tertiary/aromatic N) is 2. The minimum Gasteiger partial charge on any atom is -0.489 e. The minimum atomic E-state index is -0.161. The molecule has 4 nitrogen and oxygen atoms in total. The van der Waals surface area contributed by atoms with Crippen molar-refractivity contribution in [3.05, 3.63) is 36.9 Å². The first-order valence-corrected chi connectivity index (χ1v) is 8.74. The Balaban J connectivity index is 2.43. The van der Waals surface area contributed by atoms with Crippen LogP contribution >= 0.6 is 34.5 Å². The Morgan fingerprint density at radius 1 is 1.32 bits per heavy atom. The number of hydrogen-bond donors (Lipinski definition) is 0. The fourth-order valence-electron chi connectivity index (χ4n) is 1.92. The van der Waals surface area contributed by atoms with Crippen LogP contribution in [0.3, 0.4) is 0 Å². The van der Waals surface area contributed by atoms with Crippen LogP contribution in [0.4, 0.5) is 0 Å². The zero-order valence-electron chi connectivity index (χ0n) is 12.7. The van der Waals surface area contributed by atoms with Crippen LogP contribution in [-0.2, 0) is 6.42 Å². The topological polar surface area (TPSA) is 44.1 Å². The standard InChI is InChI=1S/C15H18Cl2N2O2S/c1-4-5-6-14-18-19(15(20)22-14)12-8-13(21-9(2)3)11(17)7-10(12)16/h7-9H,4-6H2,1-3H3. The summed E-state index contributed by atoms with van der Waals surface area (Å²) in [4.78, 5) is 12.0. The summed E-state index contributed by atoms with van der Waals surface area (Å²) in [5, 5.41) is 5.96. The maximum atomic E-state index is 12.2. The van der Waals surface area contributed by atoms with E-state index in [1.807, 2.05) is 13.8 Å². The number of halogens is 2. The highest BCUT2D eigenvalue weighted by Crippen LogP contribution is 2.33. The predicted molar refractivity (Wildman–Crippen MR) is 92.1 cm³/mol. The highest BCUT2D eigenvalue weighted by atomic mass is 35.5. The van der Waals surface area contributed by atoms with Crippen LogP contribution in [0.5, 0.6) is 5.75 Å². The molecular weight excluding hydrogens is 343 g/mol. The molecule has 7 heteroatoms. The molecular formula is C15H18Cl2N2O2S. The fourth-order valence-corrected chi connectivity index (χ4v) is 3.23. The summed E-state index contributed by atoms with van der Waals surface area (Å²) in [5.41, 5.74) is 0.491. The molecule has 0 fully saturated rings. The van der Waals surface area contributed by atoms with Crippen molar-refractivity contribution >= 4 is 34.5 Å². The molecule has 1 aromatic heterocycles. The number of hydrogen-bond acceptors (Lipinski definition) is 4. The van der Waals surface area contributed by atoms with Gasteiger partial charge in [-0.3, -0.25) is 4.79 Å². The molecule has 0 aliphatic carbocycles. The molecule has 2 rings (SSSR count). The molecule has 0 saturated heterocycles. The molecule has 0 radical (unpaired) electrons. The second-order valence-electron chi connectivity index (χ2n) is 5.18. The second-order valence-corrected chi connectivity index (χ2v) is 7.02. The molecule has 0 bridgehead atoms. The highest BCUT2D eigenvalue weighted by molar-refractivity contribution is 7.08. The van der Waals surface area contributed by atoms with Crippen molar-refractivity contribution in [1.82, 2.24) is 9.78 Å². The Kier molecular flexibility index (Phi) is 5.89. The summed E-state index contributed by atoms with van der Waals surface area (Å²) < 4.78 is 6.96. The average molecular weight is 361 g/mol. The van der Waals surface area contributed by atoms with Crippen molar-refractivity contribution < 1.29 is 4.74 Å². The van der Waals surface area contributed by atoms with Crippen LogP contribution in [0.15, 0.2) is 16.9 Å². The average Bonchev–Trinajstić information content (AvgIpc) is 2.80. The summed E-state index contributed by atoms with van der Waals surface area (Å²) in [6.07, 6.45) is 2.83. The molecule has 1 aromatic carbocycles. The van der Waals surface area contributed by atoms with E-state index in [2.05, 4.69) is 12.0 Å². The maximum Gasteiger partial charge on any atom is 0.329 e. The molecule has 0 spiro atoms. The lowest BCUT2D eigenvalue weighted by Gasteiger charge is -2.13. The van der Waals surface area contributed by atoms with Crippen LogP contribution in [0.2, 0.25) is 10.0 Å². The molecule has 0 amide bonds. The number of aromatic nitrogens is 2.